The van der Waals surface area contributed by atoms with E-state index in [1.54, 1.807) is 16.0 Å². The standard InChI is InChI=1S/C26H35N3O4/c1-6-19(2)29(25(31)33-26(3,4)5)23-15-14-21(17-27-23)22-13-10-16-28(22)24(30)32-18-20-11-8-7-9-12-20/h7-9,11-12,14-15,17,19,22H,6,10,13,16,18H2,1-5H3/t19-,22+/m1/s1. The van der Waals surface area contributed by atoms with Crippen molar-refractivity contribution in [3.8, 4) is 0 Å². The van der Waals surface area contributed by atoms with Gasteiger partial charge in [0.15, 0.2) is 0 Å². The van der Waals surface area contributed by atoms with Crippen molar-refractivity contribution in [1.82, 2.24) is 9.88 Å². The van der Waals surface area contributed by atoms with Gasteiger partial charge >= 0.3 is 12.2 Å². The van der Waals surface area contributed by atoms with Gasteiger partial charge in [-0.25, -0.2) is 14.6 Å². The van der Waals surface area contributed by atoms with Crippen molar-refractivity contribution in [2.45, 2.75) is 78.2 Å². The average molecular weight is 454 g/mol. The Hall–Kier alpha value is -3.09. The summed E-state index contributed by atoms with van der Waals surface area (Å²) in [5.74, 6) is 0.540. The SMILES string of the molecule is CC[C@@H](C)N(C(=O)OC(C)(C)C)c1ccc([C@@H]2CCCN2C(=O)OCc2ccccc2)cn1. The van der Waals surface area contributed by atoms with E-state index in [1.165, 1.54) is 0 Å². The molecular formula is C26H35N3O4. The maximum Gasteiger partial charge on any atom is 0.416 e. The van der Waals surface area contributed by atoms with E-state index in [9.17, 15) is 9.59 Å². The topological polar surface area (TPSA) is 72.0 Å². The smallest absolute Gasteiger partial charge is 0.416 e. The summed E-state index contributed by atoms with van der Waals surface area (Å²) in [7, 11) is 0. The molecular weight excluding hydrogens is 418 g/mol. The van der Waals surface area contributed by atoms with Crippen LogP contribution < -0.4 is 4.90 Å². The van der Waals surface area contributed by atoms with E-state index >= 15 is 0 Å². The third kappa shape index (κ3) is 6.46. The van der Waals surface area contributed by atoms with Gasteiger partial charge in [-0.05, 0) is 64.2 Å². The number of likely N-dealkylation sites (tertiary alicyclic amines) is 1. The fourth-order valence-corrected chi connectivity index (χ4v) is 3.86. The molecule has 0 aliphatic carbocycles. The quantitative estimate of drug-likeness (QED) is 0.529. The molecule has 0 spiro atoms. The Morgan fingerprint density at radius 3 is 2.52 bits per heavy atom. The fraction of sp³-hybridized carbons (Fsp3) is 0.500. The lowest BCUT2D eigenvalue weighted by atomic mass is 10.1. The Morgan fingerprint density at radius 1 is 1.18 bits per heavy atom. The Bertz CT molecular complexity index is 925. The van der Waals surface area contributed by atoms with Crippen molar-refractivity contribution in [3.63, 3.8) is 0 Å². The Balaban J connectivity index is 1.71. The molecule has 3 rings (SSSR count). The number of ether oxygens (including phenoxy) is 2. The number of nitrogens with zero attached hydrogens (tertiary/aromatic N) is 3. The van der Waals surface area contributed by atoms with Crippen molar-refractivity contribution in [3.05, 3.63) is 59.8 Å². The Labute approximate surface area is 196 Å². The molecule has 1 aliphatic heterocycles. The average Bonchev–Trinajstić information content (AvgIpc) is 3.27. The van der Waals surface area contributed by atoms with Crippen LogP contribution in [-0.4, -0.2) is 40.3 Å². The van der Waals surface area contributed by atoms with Crippen LogP contribution in [0.3, 0.4) is 0 Å². The Kier molecular flexibility index (Phi) is 7.95. The number of carbonyl (C=O) groups excluding carboxylic acids is 2. The summed E-state index contributed by atoms with van der Waals surface area (Å²) in [5.41, 5.74) is 1.30. The zero-order chi connectivity index (χ0) is 24.0. The Morgan fingerprint density at radius 2 is 1.91 bits per heavy atom. The highest BCUT2D eigenvalue weighted by molar-refractivity contribution is 5.87. The van der Waals surface area contributed by atoms with Crippen LogP contribution in [0.1, 0.15) is 71.0 Å². The number of hydrogen-bond acceptors (Lipinski definition) is 5. The molecule has 0 bridgehead atoms. The number of rotatable bonds is 6. The highest BCUT2D eigenvalue weighted by Crippen LogP contribution is 2.33. The highest BCUT2D eigenvalue weighted by atomic mass is 16.6. The van der Waals surface area contributed by atoms with Crippen molar-refractivity contribution >= 4 is 18.0 Å². The second-order valence-corrected chi connectivity index (χ2v) is 9.45. The maximum atomic E-state index is 12.8. The first-order valence-electron chi connectivity index (χ1n) is 11.6. The van der Waals surface area contributed by atoms with E-state index in [4.69, 9.17) is 9.47 Å². The predicted octanol–water partition coefficient (Wildman–Crippen LogP) is 6.10. The molecule has 2 amide bonds. The minimum atomic E-state index is -0.590. The molecule has 0 radical (unpaired) electrons. The van der Waals surface area contributed by atoms with Gasteiger partial charge < -0.3 is 14.4 Å². The van der Waals surface area contributed by atoms with Crippen LogP contribution in [0.4, 0.5) is 15.4 Å². The van der Waals surface area contributed by atoms with Crippen LogP contribution in [0.5, 0.6) is 0 Å². The molecule has 7 heteroatoms. The van der Waals surface area contributed by atoms with Gasteiger partial charge in [0.2, 0.25) is 0 Å². The van der Waals surface area contributed by atoms with Gasteiger partial charge in [0.25, 0.3) is 0 Å². The number of carbonyl (C=O) groups is 2. The largest absolute Gasteiger partial charge is 0.445 e. The minimum absolute atomic E-state index is 0.0610. The first kappa shape index (κ1) is 24.6. The van der Waals surface area contributed by atoms with Crippen molar-refractivity contribution in [2.75, 3.05) is 11.4 Å². The summed E-state index contributed by atoms with van der Waals surface area (Å²) in [4.78, 5) is 33.5. The lowest BCUT2D eigenvalue weighted by Crippen LogP contribution is -2.42. The first-order valence-corrected chi connectivity index (χ1v) is 11.6. The zero-order valence-corrected chi connectivity index (χ0v) is 20.3. The molecule has 1 aliphatic rings. The molecule has 2 aromatic rings. The third-order valence-corrected chi connectivity index (χ3v) is 5.72. The molecule has 33 heavy (non-hydrogen) atoms. The summed E-state index contributed by atoms with van der Waals surface area (Å²) >= 11 is 0. The zero-order valence-electron chi connectivity index (χ0n) is 20.3. The van der Waals surface area contributed by atoms with Gasteiger partial charge in [-0.15, -0.1) is 0 Å². The maximum absolute atomic E-state index is 12.8. The monoisotopic (exact) mass is 453 g/mol. The lowest BCUT2D eigenvalue weighted by molar-refractivity contribution is 0.0565. The first-order chi connectivity index (χ1) is 15.7. The van der Waals surface area contributed by atoms with E-state index in [2.05, 4.69) is 4.98 Å². The molecule has 1 fully saturated rings. The second-order valence-electron chi connectivity index (χ2n) is 9.45. The van der Waals surface area contributed by atoms with Crippen molar-refractivity contribution in [1.29, 1.82) is 0 Å². The van der Waals surface area contributed by atoms with Crippen molar-refractivity contribution in [2.24, 2.45) is 0 Å². The minimum Gasteiger partial charge on any atom is -0.445 e. The van der Waals surface area contributed by atoms with E-state index < -0.39 is 11.7 Å². The van der Waals surface area contributed by atoms with Gasteiger partial charge in [0.1, 0.15) is 18.0 Å². The molecule has 1 aromatic carbocycles. The number of amides is 2. The van der Waals surface area contributed by atoms with E-state index in [0.29, 0.717) is 12.4 Å². The predicted molar refractivity (Wildman–Crippen MR) is 128 cm³/mol. The number of hydrogen-bond donors (Lipinski definition) is 0. The van der Waals surface area contributed by atoms with E-state index in [1.807, 2.05) is 77.1 Å². The third-order valence-electron chi connectivity index (χ3n) is 5.72. The van der Waals surface area contributed by atoms with Gasteiger partial charge in [0.05, 0.1) is 6.04 Å². The molecule has 0 unspecified atom stereocenters. The van der Waals surface area contributed by atoms with Crippen LogP contribution in [0, 0.1) is 0 Å². The molecule has 1 saturated heterocycles. The van der Waals surface area contributed by atoms with Crippen LogP contribution in [0.15, 0.2) is 48.7 Å². The van der Waals surface area contributed by atoms with Gasteiger partial charge in [-0.2, -0.15) is 0 Å². The van der Waals surface area contributed by atoms with Gasteiger partial charge in [0, 0.05) is 18.8 Å². The van der Waals surface area contributed by atoms with E-state index in [0.717, 1.165) is 30.4 Å². The van der Waals surface area contributed by atoms with Gasteiger partial charge in [-0.1, -0.05) is 43.3 Å². The summed E-state index contributed by atoms with van der Waals surface area (Å²) < 4.78 is 11.1. The number of aromatic nitrogens is 1. The fourth-order valence-electron chi connectivity index (χ4n) is 3.86. The van der Waals surface area contributed by atoms with Crippen LogP contribution in [0.25, 0.3) is 0 Å². The molecule has 2 atom stereocenters. The van der Waals surface area contributed by atoms with Crippen molar-refractivity contribution < 1.29 is 19.1 Å². The molecule has 0 saturated carbocycles. The normalized spacial score (nSPS) is 16.9. The molecule has 7 nitrogen and oxygen atoms in total. The molecule has 0 N–H and O–H groups in total. The summed E-state index contributed by atoms with van der Waals surface area (Å²) in [5, 5.41) is 0. The van der Waals surface area contributed by atoms with E-state index in [-0.39, 0.29) is 24.8 Å². The lowest BCUT2D eigenvalue weighted by Gasteiger charge is -2.31. The second kappa shape index (κ2) is 10.7. The summed E-state index contributed by atoms with van der Waals surface area (Å²) in [6.07, 6.45) is 3.55. The number of pyridine rings is 1. The summed E-state index contributed by atoms with van der Waals surface area (Å²) in [6.45, 7) is 10.4. The number of anilines is 1. The van der Waals surface area contributed by atoms with Crippen LogP contribution in [-0.2, 0) is 16.1 Å². The van der Waals surface area contributed by atoms with Crippen LogP contribution in [0.2, 0.25) is 0 Å². The number of benzene rings is 1. The highest BCUT2D eigenvalue weighted by Gasteiger charge is 2.32. The molecule has 1 aromatic heterocycles. The summed E-state index contributed by atoms with van der Waals surface area (Å²) in [6, 6.07) is 13.3. The van der Waals surface area contributed by atoms with Gasteiger partial charge in [-0.3, -0.25) is 4.90 Å². The molecule has 178 valence electrons. The molecule has 2 heterocycles. The van der Waals surface area contributed by atoms with Crippen LogP contribution >= 0.6 is 0 Å².